The van der Waals surface area contributed by atoms with Crippen molar-refractivity contribution in [3.05, 3.63) is 54.1 Å². The molecule has 0 unspecified atom stereocenters. The Morgan fingerprint density at radius 2 is 1.54 bits per heavy atom. The van der Waals surface area contributed by atoms with E-state index in [0.29, 0.717) is 11.1 Å². The van der Waals surface area contributed by atoms with Crippen LogP contribution in [0.25, 0.3) is 11.1 Å². The van der Waals surface area contributed by atoms with E-state index in [4.69, 9.17) is 0 Å². The number of halogens is 3. The summed E-state index contributed by atoms with van der Waals surface area (Å²) in [5, 5.41) is 0. The lowest BCUT2D eigenvalue weighted by atomic mass is 9.96. The Morgan fingerprint density at radius 1 is 0.958 bits per heavy atom. The van der Waals surface area contributed by atoms with Gasteiger partial charge in [0.1, 0.15) is 0 Å². The summed E-state index contributed by atoms with van der Waals surface area (Å²) in [4.78, 5) is 0. The zero-order valence-corrected chi connectivity index (χ0v) is 13.8. The Bertz CT molecular complexity index is 799. The molecule has 0 aromatic heterocycles. The molecule has 24 heavy (non-hydrogen) atoms. The molecule has 3 nitrogen and oxygen atoms in total. The second-order valence-corrected chi connectivity index (χ2v) is 6.78. The van der Waals surface area contributed by atoms with Gasteiger partial charge in [-0.2, -0.15) is 21.6 Å². The fraction of sp³-hybridized carbons (Fsp3) is 0.294. The van der Waals surface area contributed by atoms with E-state index >= 15 is 0 Å². The van der Waals surface area contributed by atoms with Crippen molar-refractivity contribution in [1.82, 2.24) is 0 Å². The van der Waals surface area contributed by atoms with Crippen LogP contribution in [0.1, 0.15) is 25.3 Å². The van der Waals surface area contributed by atoms with Gasteiger partial charge in [-0.15, -0.1) is 0 Å². The highest BCUT2D eigenvalue weighted by molar-refractivity contribution is 7.88. The Kier molecular flexibility index (Phi) is 5.54. The number of benzene rings is 2. The first-order valence-corrected chi connectivity index (χ1v) is 8.85. The van der Waals surface area contributed by atoms with Gasteiger partial charge in [0.15, 0.2) is 5.75 Å². The molecule has 0 bridgehead atoms. The maximum atomic E-state index is 12.6. The monoisotopic (exact) mass is 358 g/mol. The van der Waals surface area contributed by atoms with Crippen LogP contribution in [0.4, 0.5) is 13.2 Å². The van der Waals surface area contributed by atoms with Gasteiger partial charge in [0.05, 0.1) is 0 Å². The third-order valence-electron chi connectivity index (χ3n) is 3.48. The van der Waals surface area contributed by atoms with Gasteiger partial charge in [-0.25, -0.2) is 0 Å². The molecule has 0 aliphatic heterocycles. The zero-order valence-electron chi connectivity index (χ0n) is 13.0. The Hall–Kier alpha value is -2.02. The van der Waals surface area contributed by atoms with Gasteiger partial charge in [-0.1, -0.05) is 55.8 Å². The predicted octanol–water partition coefficient (Wildman–Crippen LogP) is 4.92. The van der Waals surface area contributed by atoms with E-state index in [-0.39, 0.29) is 5.75 Å². The molecule has 0 fully saturated rings. The molecule has 0 aliphatic rings. The van der Waals surface area contributed by atoms with E-state index in [0.717, 1.165) is 24.8 Å². The molecule has 2 aromatic carbocycles. The van der Waals surface area contributed by atoms with Crippen molar-refractivity contribution in [1.29, 1.82) is 0 Å². The summed E-state index contributed by atoms with van der Waals surface area (Å²) >= 11 is 0. The summed E-state index contributed by atoms with van der Waals surface area (Å²) < 4.78 is 64.7. The molecule has 0 saturated carbocycles. The molecule has 0 aliphatic carbocycles. The van der Waals surface area contributed by atoms with Gasteiger partial charge in [0.2, 0.25) is 0 Å². The molecular weight excluding hydrogens is 341 g/mol. The first kappa shape index (κ1) is 18.3. The van der Waals surface area contributed by atoms with E-state index in [9.17, 15) is 21.6 Å². The van der Waals surface area contributed by atoms with Crippen LogP contribution in [0.5, 0.6) is 5.75 Å². The number of aryl methyl sites for hydroxylation is 1. The first-order valence-electron chi connectivity index (χ1n) is 7.44. The van der Waals surface area contributed by atoms with Crippen molar-refractivity contribution in [2.75, 3.05) is 0 Å². The van der Waals surface area contributed by atoms with Gasteiger partial charge < -0.3 is 4.18 Å². The lowest BCUT2D eigenvalue weighted by Crippen LogP contribution is -2.28. The molecule has 0 saturated heterocycles. The maximum absolute atomic E-state index is 12.6. The van der Waals surface area contributed by atoms with E-state index in [1.54, 1.807) is 24.3 Å². The summed E-state index contributed by atoms with van der Waals surface area (Å²) in [6.45, 7) is 2.04. The first-order chi connectivity index (χ1) is 11.3. The Morgan fingerprint density at radius 3 is 2.17 bits per heavy atom. The highest BCUT2D eigenvalue weighted by Gasteiger charge is 2.48. The SMILES string of the molecule is CCCCc1ccccc1-c1ccccc1OS(=O)(=O)C(F)(F)F. The van der Waals surface area contributed by atoms with E-state index in [1.165, 1.54) is 12.1 Å². The molecule has 2 rings (SSSR count). The van der Waals surface area contributed by atoms with Gasteiger partial charge in [-0.05, 0) is 30.0 Å². The van der Waals surface area contributed by atoms with Crippen LogP contribution in [0.3, 0.4) is 0 Å². The maximum Gasteiger partial charge on any atom is 0.534 e. The average Bonchev–Trinajstić information content (AvgIpc) is 2.52. The summed E-state index contributed by atoms with van der Waals surface area (Å²) in [6, 6.07) is 13.0. The Labute approximate surface area is 139 Å². The quantitative estimate of drug-likeness (QED) is 0.543. The molecule has 2 aromatic rings. The molecule has 0 radical (unpaired) electrons. The second kappa shape index (κ2) is 7.25. The van der Waals surface area contributed by atoms with Crippen molar-refractivity contribution in [3.8, 4) is 16.9 Å². The summed E-state index contributed by atoms with van der Waals surface area (Å²) in [7, 11) is -5.71. The highest BCUT2D eigenvalue weighted by Crippen LogP contribution is 2.36. The van der Waals surface area contributed by atoms with E-state index in [2.05, 4.69) is 4.18 Å². The standard InChI is InChI=1S/C17H17F3O3S/c1-2-3-8-13-9-4-5-10-14(13)15-11-6-7-12-16(15)23-24(21,22)17(18,19)20/h4-7,9-12H,2-3,8H2,1H3. The van der Waals surface area contributed by atoms with Crippen LogP contribution in [-0.2, 0) is 16.5 Å². The molecular formula is C17H17F3O3S. The molecule has 0 atom stereocenters. The molecule has 7 heteroatoms. The van der Waals surface area contributed by atoms with Gasteiger partial charge in [0, 0.05) is 5.56 Å². The molecule has 0 amide bonds. The lowest BCUT2D eigenvalue weighted by molar-refractivity contribution is -0.0499. The number of para-hydroxylation sites is 1. The van der Waals surface area contributed by atoms with Crippen molar-refractivity contribution < 1.29 is 25.8 Å². The minimum atomic E-state index is -5.71. The Balaban J connectivity index is 2.48. The van der Waals surface area contributed by atoms with Gasteiger partial charge in [0.25, 0.3) is 0 Å². The van der Waals surface area contributed by atoms with Crippen LogP contribution in [0.15, 0.2) is 48.5 Å². The number of alkyl halides is 3. The zero-order chi connectivity index (χ0) is 17.8. The molecule has 130 valence electrons. The molecule has 0 heterocycles. The minimum Gasteiger partial charge on any atom is -0.375 e. The topological polar surface area (TPSA) is 43.4 Å². The molecule has 0 N–H and O–H groups in total. The highest BCUT2D eigenvalue weighted by atomic mass is 32.2. The van der Waals surface area contributed by atoms with Crippen molar-refractivity contribution >= 4 is 10.1 Å². The number of rotatable bonds is 6. The number of hydrogen-bond acceptors (Lipinski definition) is 3. The average molecular weight is 358 g/mol. The predicted molar refractivity (Wildman–Crippen MR) is 86.1 cm³/mol. The van der Waals surface area contributed by atoms with Crippen LogP contribution >= 0.6 is 0 Å². The van der Waals surface area contributed by atoms with Crippen LogP contribution in [0.2, 0.25) is 0 Å². The number of unbranched alkanes of at least 4 members (excludes halogenated alkanes) is 1. The largest absolute Gasteiger partial charge is 0.534 e. The molecule has 0 spiro atoms. The van der Waals surface area contributed by atoms with Gasteiger partial charge in [-0.3, -0.25) is 0 Å². The summed E-state index contributed by atoms with van der Waals surface area (Å²) in [5.74, 6) is -0.334. The van der Waals surface area contributed by atoms with E-state index in [1.807, 2.05) is 19.1 Å². The lowest BCUT2D eigenvalue weighted by Gasteiger charge is -2.15. The third-order valence-corrected chi connectivity index (χ3v) is 4.44. The van der Waals surface area contributed by atoms with Crippen LogP contribution < -0.4 is 4.18 Å². The number of hydrogen-bond donors (Lipinski definition) is 0. The van der Waals surface area contributed by atoms with Crippen LogP contribution in [0, 0.1) is 0 Å². The van der Waals surface area contributed by atoms with Crippen molar-refractivity contribution in [2.45, 2.75) is 31.7 Å². The summed E-state index contributed by atoms with van der Waals surface area (Å²) in [6.07, 6.45) is 2.63. The fourth-order valence-electron chi connectivity index (χ4n) is 2.30. The van der Waals surface area contributed by atoms with Crippen molar-refractivity contribution in [3.63, 3.8) is 0 Å². The normalized spacial score (nSPS) is 12.2. The van der Waals surface area contributed by atoms with E-state index < -0.39 is 15.6 Å². The minimum absolute atomic E-state index is 0.317. The summed E-state index contributed by atoms with van der Waals surface area (Å²) in [5.41, 5.74) is -3.56. The fourth-order valence-corrected chi connectivity index (χ4v) is 2.77. The smallest absolute Gasteiger partial charge is 0.375 e. The van der Waals surface area contributed by atoms with Gasteiger partial charge >= 0.3 is 15.6 Å². The third kappa shape index (κ3) is 4.08. The van der Waals surface area contributed by atoms with Crippen molar-refractivity contribution in [2.24, 2.45) is 0 Å². The second-order valence-electron chi connectivity index (χ2n) is 5.24. The van der Waals surface area contributed by atoms with Crippen LogP contribution in [-0.4, -0.2) is 13.9 Å².